The van der Waals surface area contributed by atoms with E-state index in [1.807, 2.05) is 0 Å². The Bertz CT molecular complexity index is 617. The number of Topliss-reactive ketones (excluding diaryl/α,β-unsaturated/α-hetero) is 1. The molecule has 0 heterocycles. The molecule has 4 nitrogen and oxygen atoms in total. The zero-order valence-electron chi connectivity index (χ0n) is 9.71. The third kappa shape index (κ3) is 2.13. The van der Waals surface area contributed by atoms with Crippen molar-refractivity contribution in [1.82, 2.24) is 0 Å². The standard InChI is InChI=1S/C14H12O4/c1-8(15)9-2-4-11(13(17)6-9)12-5-3-10(16)7-14(12)18/h2-7,16-18H,1H3. The summed E-state index contributed by atoms with van der Waals surface area (Å²) in [5, 5.41) is 28.8. The average molecular weight is 244 g/mol. The first kappa shape index (κ1) is 12.0. The monoisotopic (exact) mass is 244 g/mol. The molecule has 3 N–H and O–H groups in total. The molecule has 0 saturated heterocycles. The number of hydrogen-bond acceptors (Lipinski definition) is 4. The quantitative estimate of drug-likeness (QED) is 0.710. The minimum Gasteiger partial charge on any atom is -0.508 e. The number of hydrogen-bond donors (Lipinski definition) is 3. The van der Waals surface area contributed by atoms with Gasteiger partial charge in [-0.3, -0.25) is 4.79 Å². The number of benzene rings is 2. The van der Waals surface area contributed by atoms with E-state index >= 15 is 0 Å². The summed E-state index contributed by atoms with van der Waals surface area (Å²) in [5.41, 5.74) is 1.19. The first-order chi connectivity index (χ1) is 8.49. The summed E-state index contributed by atoms with van der Waals surface area (Å²) in [4.78, 5) is 11.2. The number of phenolic OH excluding ortho intramolecular Hbond substituents is 3. The molecule has 0 unspecified atom stereocenters. The van der Waals surface area contributed by atoms with Crippen LogP contribution in [0.25, 0.3) is 11.1 Å². The van der Waals surface area contributed by atoms with E-state index in [1.165, 1.54) is 31.2 Å². The van der Waals surface area contributed by atoms with Crippen LogP contribution in [0.3, 0.4) is 0 Å². The molecule has 92 valence electrons. The highest BCUT2D eigenvalue weighted by Gasteiger charge is 2.11. The van der Waals surface area contributed by atoms with E-state index in [9.17, 15) is 20.1 Å². The summed E-state index contributed by atoms with van der Waals surface area (Å²) in [5.74, 6) is -0.438. The molecule has 2 aromatic rings. The molecule has 0 radical (unpaired) electrons. The molecule has 0 amide bonds. The highest BCUT2D eigenvalue weighted by atomic mass is 16.3. The van der Waals surface area contributed by atoms with E-state index in [4.69, 9.17) is 0 Å². The first-order valence-electron chi connectivity index (χ1n) is 5.35. The molecule has 18 heavy (non-hydrogen) atoms. The van der Waals surface area contributed by atoms with Gasteiger partial charge in [-0.2, -0.15) is 0 Å². The van der Waals surface area contributed by atoms with Gasteiger partial charge in [0.15, 0.2) is 5.78 Å². The topological polar surface area (TPSA) is 77.8 Å². The number of rotatable bonds is 2. The molecule has 0 aliphatic heterocycles. The van der Waals surface area contributed by atoms with Crippen LogP contribution in [0.15, 0.2) is 36.4 Å². The Labute approximate surface area is 104 Å². The molecule has 0 fully saturated rings. The van der Waals surface area contributed by atoms with E-state index in [-0.39, 0.29) is 23.0 Å². The summed E-state index contributed by atoms with van der Waals surface area (Å²) in [6.45, 7) is 1.41. The maximum atomic E-state index is 11.2. The van der Waals surface area contributed by atoms with Crippen LogP contribution in [0, 0.1) is 0 Å². The van der Waals surface area contributed by atoms with Gasteiger partial charge in [-0.25, -0.2) is 0 Å². The summed E-state index contributed by atoms with van der Waals surface area (Å²) in [6, 6.07) is 8.57. The molecule has 2 aromatic carbocycles. The zero-order valence-corrected chi connectivity index (χ0v) is 9.71. The molecular formula is C14H12O4. The fraction of sp³-hybridized carbons (Fsp3) is 0.0714. The molecule has 2 rings (SSSR count). The predicted molar refractivity (Wildman–Crippen MR) is 66.9 cm³/mol. The smallest absolute Gasteiger partial charge is 0.159 e. The normalized spacial score (nSPS) is 10.3. The SMILES string of the molecule is CC(=O)c1ccc(-c2ccc(O)cc2O)c(O)c1. The third-order valence-corrected chi connectivity index (χ3v) is 2.68. The Morgan fingerprint density at radius 3 is 1.94 bits per heavy atom. The zero-order chi connectivity index (χ0) is 13.3. The second-order valence-corrected chi connectivity index (χ2v) is 3.99. The van der Waals surface area contributed by atoms with Crippen LogP contribution >= 0.6 is 0 Å². The van der Waals surface area contributed by atoms with Gasteiger partial charge in [0, 0.05) is 22.8 Å². The van der Waals surface area contributed by atoms with Crippen LogP contribution in [-0.2, 0) is 0 Å². The lowest BCUT2D eigenvalue weighted by Gasteiger charge is -2.08. The fourth-order valence-electron chi connectivity index (χ4n) is 1.73. The van der Waals surface area contributed by atoms with E-state index in [0.29, 0.717) is 16.7 Å². The summed E-state index contributed by atoms with van der Waals surface area (Å²) >= 11 is 0. The third-order valence-electron chi connectivity index (χ3n) is 2.68. The Morgan fingerprint density at radius 1 is 0.889 bits per heavy atom. The lowest BCUT2D eigenvalue weighted by molar-refractivity contribution is 0.101. The second-order valence-electron chi connectivity index (χ2n) is 3.99. The predicted octanol–water partition coefficient (Wildman–Crippen LogP) is 2.67. The lowest BCUT2D eigenvalue weighted by Crippen LogP contribution is -1.91. The van der Waals surface area contributed by atoms with Gasteiger partial charge in [0.05, 0.1) is 0 Å². The van der Waals surface area contributed by atoms with Crippen LogP contribution in [-0.4, -0.2) is 21.1 Å². The van der Waals surface area contributed by atoms with Gasteiger partial charge in [0.1, 0.15) is 17.2 Å². The van der Waals surface area contributed by atoms with Crippen molar-refractivity contribution in [3.8, 4) is 28.4 Å². The number of phenols is 3. The van der Waals surface area contributed by atoms with Crippen molar-refractivity contribution in [2.45, 2.75) is 6.92 Å². The molecule has 4 heteroatoms. The maximum absolute atomic E-state index is 11.2. The molecule has 0 aliphatic carbocycles. The number of carbonyl (C=O) groups excluding carboxylic acids is 1. The van der Waals surface area contributed by atoms with Crippen LogP contribution in [0.4, 0.5) is 0 Å². The Morgan fingerprint density at radius 2 is 1.44 bits per heavy atom. The van der Waals surface area contributed by atoms with Gasteiger partial charge < -0.3 is 15.3 Å². The highest BCUT2D eigenvalue weighted by molar-refractivity contribution is 5.95. The van der Waals surface area contributed by atoms with E-state index in [2.05, 4.69) is 0 Å². The lowest BCUT2D eigenvalue weighted by atomic mass is 10.0. The van der Waals surface area contributed by atoms with Crippen molar-refractivity contribution >= 4 is 5.78 Å². The summed E-state index contributed by atoms with van der Waals surface area (Å²) in [7, 11) is 0. The molecule has 0 aliphatic rings. The Kier molecular flexibility index (Phi) is 2.93. The van der Waals surface area contributed by atoms with Gasteiger partial charge in [-0.15, -0.1) is 0 Å². The van der Waals surface area contributed by atoms with Gasteiger partial charge in [-0.05, 0) is 31.2 Å². The molecule has 0 atom stereocenters. The van der Waals surface area contributed by atoms with Crippen molar-refractivity contribution < 1.29 is 20.1 Å². The van der Waals surface area contributed by atoms with E-state index in [1.54, 1.807) is 12.1 Å². The fourth-order valence-corrected chi connectivity index (χ4v) is 1.73. The van der Waals surface area contributed by atoms with Crippen molar-refractivity contribution in [3.63, 3.8) is 0 Å². The average Bonchev–Trinajstić information content (AvgIpc) is 2.30. The number of ketones is 1. The maximum Gasteiger partial charge on any atom is 0.159 e. The van der Waals surface area contributed by atoms with E-state index < -0.39 is 0 Å². The van der Waals surface area contributed by atoms with Crippen LogP contribution in [0.1, 0.15) is 17.3 Å². The largest absolute Gasteiger partial charge is 0.508 e. The molecular weight excluding hydrogens is 232 g/mol. The van der Waals surface area contributed by atoms with Gasteiger partial charge in [-0.1, -0.05) is 6.07 Å². The van der Waals surface area contributed by atoms with Crippen molar-refractivity contribution in [2.24, 2.45) is 0 Å². The van der Waals surface area contributed by atoms with Gasteiger partial charge in [0.2, 0.25) is 0 Å². The number of aromatic hydroxyl groups is 3. The van der Waals surface area contributed by atoms with Crippen molar-refractivity contribution in [1.29, 1.82) is 0 Å². The first-order valence-corrected chi connectivity index (χ1v) is 5.35. The van der Waals surface area contributed by atoms with Crippen LogP contribution in [0.5, 0.6) is 17.2 Å². The Balaban J connectivity index is 2.54. The molecule has 0 aromatic heterocycles. The minimum absolute atomic E-state index is 0.0592. The van der Waals surface area contributed by atoms with Gasteiger partial charge >= 0.3 is 0 Å². The summed E-state index contributed by atoms with van der Waals surface area (Å²) < 4.78 is 0. The highest BCUT2D eigenvalue weighted by Crippen LogP contribution is 2.37. The molecule has 0 bridgehead atoms. The van der Waals surface area contributed by atoms with Crippen molar-refractivity contribution in [2.75, 3.05) is 0 Å². The Hall–Kier alpha value is -2.49. The van der Waals surface area contributed by atoms with Crippen molar-refractivity contribution in [3.05, 3.63) is 42.0 Å². The molecule has 0 saturated carbocycles. The molecule has 0 spiro atoms. The van der Waals surface area contributed by atoms with E-state index in [0.717, 1.165) is 0 Å². The van der Waals surface area contributed by atoms with Crippen LogP contribution < -0.4 is 0 Å². The van der Waals surface area contributed by atoms with Gasteiger partial charge in [0.25, 0.3) is 0 Å². The second kappa shape index (κ2) is 4.41. The summed E-state index contributed by atoms with van der Waals surface area (Å²) in [6.07, 6.45) is 0. The minimum atomic E-state index is -0.147. The number of carbonyl (C=O) groups is 1. The van der Waals surface area contributed by atoms with Crippen LogP contribution in [0.2, 0.25) is 0 Å².